The fourth-order valence-electron chi connectivity index (χ4n) is 3.97. The molecule has 2 aromatic carbocycles. The number of ether oxygens (including phenoxy) is 1. The summed E-state index contributed by atoms with van der Waals surface area (Å²) in [6.45, 7) is 0.455. The van der Waals surface area contributed by atoms with Gasteiger partial charge in [0, 0.05) is 59.6 Å². The Hall–Kier alpha value is -4.57. The van der Waals surface area contributed by atoms with Crippen molar-refractivity contribution in [3.63, 3.8) is 0 Å². The maximum Gasteiger partial charge on any atom is 0.298 e. The molecular weight excluding hydrogens is 442 g/mol. The van der Waals surface area contributed by atoms with E-state index in [2.05, 4.69) is 11.2 Å². The molecule has 1 aliphatic carbocycles. The number of carbonyl (C=O) groups excluding carboxylic acids is 2. The van der Waals surface area contributed by atoms with Gasteiger partial charge in [0.25, 0.3) is 12.4 Å². The second-order valence-electron chi connectivity index (χ2n) is 8.44. The molecule has 4 rings (SSSR count). The van der Waals surface area contributed by atoms with E-state index < -0.39 is 0 Å². The van der Waals surface area contributed by atoms with Gasteiger partial charge < -0.3 is 19.4 Å². The van der Waals surface area contributed by atoms with Crippen molar-refractivity contribution >= 4 is 29.0 Å². The first-order valence-electron chi connectivity index (χ1n) is 11.0. The molecule has 7 nitrogen and oxygen atoms in total. The van der Waals surface area contributed by atoms with Crippen LogP contribution in [0.1, 0.15) is 10.4 Å². The van der Waals surface area contributed by atoms with Gasteiger partial charge in [0.2, 0.25) is 5.36 Å². The molecule has 1 N–H and O–H groups in total. The molecule has 1 heterocycles. The van der Waals surface area contributed by atoms with Gasteiger partial charge in [0.1, 0.15) is 31.2 Å². The summed E-state index contributed by atoms with van der Waals surface area (Å²) in [6.07, 6.45) is 5.25. The lowest BCUT2D eigenvalue weighted by Crippen LogP contribution is -2.23. The van der Waals surface area contributed by atoms with E-state index in [1.54, 1.807) is 18.2 Å². The lowest BCUT2D eigenvalue weighted by Gasteiger charge is -2.19. The number of rotatable bonds is 6. The first-order valence-corrected chi connectivity index (χ1v) is 11.0. The fourth-order valence-corrected chi connectivity index (χ4v) is 3.97. The molecular formula is C28H26N3O4+. The summed E-state index contributed by atoms with van der Waals surface area (Å²) in [5.41, 5.74) is 4.35. The number of fused-ring (bicyclic) bond motifs is 2. The highest BCUT2D eigenvalue weighted by molar-refractivity contribution is 6.05. The lowest BCUT2D eigenvalue weighted by molar-refractivity contribution is -0.120. The van der Waals surface area contributed by atoms with Crippen LogP contribution < -0.4 is 24.9 Å². The Morgan fingerprint density at radius 2 is 1.89 bits per heavy atom. The van der Waals surface area contributed by atoms with Gasteiger partial charge >= 0.3 is 0 Å². The zero-order valence-electron chi connectivity index (χ0n) is 20.1. The van der Waals surface area contributed by atoms with Crippen molar-refractivity contribution in [2.45, 2.75) is 0 Å². The second-order valence-corrected chi connectivity index (χ2v) is 8.44. The van der Waals surface area contributed by atoms with E-state index in [9.17, 15) is 9.59 Å². The molecule has 0 atom stereocenters. The molecule has 0 bridgehead atoms. The number of hydrogen-bond acceptors (Lipinski definition) is 5. The van der Waals surface area contributed by atoms with E-state index >= 15 is 0 Å². The molecule has 0 spiro atoms. The highest BCUT2D eigenvalue weighted by Gasteiger charge is 2.22. The highest BCUT2D eigenvalue weighted by atomic mass is 16.5. The van der Waals surface area contributed by atoms with Crippen molar-refractivity contribution in [3.05, 3.63) is 65.5 Å². The Bertz CT molecular complexity index is 1520. The number of anilines is 1. The van der Waals surface area contributed by atoms with E-state index in [1.807, 2.05) is 74.1 Å². The predicted octanol–water partition coefficient (Wildman–Crippen LogP) is 3.20. The van der Waals surface area contributed by atoms with Crippen LogP contribution in [-0.2, 0) is 4.79 Å². The highest BCUT2D eigenvalue weighted by Crippen LogP contribution is 2.44. The fraction of sp³-hybridized carbons (Fsp3) is 0.179. The normalized spacial score (nSPS) is 10.6. The molecule has 0 radical (unpaired) electrons. The maximum absolute atomic E-state index is 12.5. The van der Waals surface area contributed by atoms with E-state index in [-0.39, 0.29) is 18.2 Å². The molecule has 0 unspecified atom stereocenters. The van der Waals surface area contributed by atoms with Crippen molar-refractivity contribution in [2.75, 3.05) is 39.6 Å². The Kier molecular flexibility index (Phi) is 6.56. The minimum atomic E-state index is -0.353. The molecule has 2 aromatic rings. The van der Waals surface area contributed by atoms with Crippen LogP contribution in [0.5, 0.6) is 5.75 Å². The summed E-state index contributed by atoms with van der Waals surface area (Å²) in [5.74, 6) is 2.96. The Balaban J connectivity index is 2.04. The Labute approximate surface area is 203 Å². The number of carbonyl (C=O) groups is 2. The van der Waals surface area contributed by atoms with Crippen LogP contribution >= 0.6 is 0 Å². The first-order chi connectivity index (χ1) is 16.8. The third-order valence-electron chi connectivity index (χ3n) is 5.76. The summed E-state index contributed by atoms with van der Waals surface area (Å²) in [6, 6.07) is 16.9. The van der Waals surface area contributed by atoms with Gasteiger partial charge in [0.05, 0.1) is 12.6 Å². The van der Waals surface area contributed by atoms with Crippen LogP contribution in [-0.4, -0.2) is 47.1 Å². The number of amides is 1. The van der Waals surface area contributed by atoms with E-state index in [1.165, 1.54) is 0 Å². The van der Waals surface area contributed by atoms with Crippen molar-refractivity contribution in [2.24, 2.45) is 0 Å². The van der Waals surface area contributed by atoms with Crippen LogP contribution in [0.4, 0.5) is 5.69 Å². The summed E-state index contributed by atoms with van der Waals surface area (Å²) in [5, 5.41) is 4.46. The molecule has 1 amide bonds. The number of hydrogen-bond donors (Lipinski definition) is 1. The van der Waals surface area contributed by atoms with Gasteiger partial charge in [-0.05, 0) is 36.4 Å². The van der Waals surface area contributed by atoms with Gasteiger partial charge in [0.15, 0.2) is 0 Å². The molecule has 0 saturated heterocycles. The minimum Gasteiger partial charge on any atom is -0.456 e. The zero-order valence-corrected chi connectivity index (χ0v) is 20.1. The predicted molar refractivity (Wildman–Crippen MR) is 138 cm³/mol. The van der Waals surface area contributed by atoms with Gasteiger partial charge in [-0.15, -0.1) is 6.42 Å². The van der Waals surface area contributed by atoms with Crippen LogP contribution in [0.3, 0.4) is 0 Å². The molecule has 176 valence electrons. The van der Waals surface area contributed by atoms with Crippen molar-refractivity contribution < 1.29 is 18.7 Å². The SMILES string of the molecule is C#CCNC(=O)c1ccc(-c2c3ccc(=[N+](C)C)cc-3oc3cc(N(C)C)ccc23)c(OC=O)c1. The number of nitrogens with one attached hydrogen (secondary N) is 1. The number of benzene rings is 3. The van der Waals surface area contributed by atoms with Gasteiger partial charge in [-0.25, -0.2) is 4.58 Å². The molecule has 0 saturated carbocycles. The maximum atomic E-state index is 12.5. The molecule has 0 fully saturated rings. The van der Waals surface area contributed by atoms with E-state index in [0.717, 1.165) is 27.6 Å². The van der Waals surface area contributed by atoms with E-state index in [4.69, 9.17) is 15.6 Å². The molecule has 0 aromatic heterocycles. The third-order valence-corrected chi connectivity index (χ3v) is 5.76. The van der Waals surface area contributed by atoms with Crippen molar-refractivity contribution in [3.8, 4) is 40.5 Å². The number of nitrogens with zero attached hydrogens (tertiary/aromatic N) is 2. The van der Waals surface area contributed by atoms with Crippen LogP contribution in [0.25, 0.3) is 33.4 Å². The summed E-state index contributed by atoms with van der Waals surface area (Å²) in [4.78, 5) is 25.9. The van der Waals surface area contributed by atoms with Crippen LogP contribution in [0.15, 0.2) is 59.0 Å². The summed E-state index contributed by atoms with van der Waals surface area (Å²) < 4.78 is 13.7. The summed E-state index contributed by atoms with van der Waals surface area (Å²) >= 11 is 0. The number of terminal acetylenes is 1. The van der Waals surface area contributed by atoms with E-state index in [0.29, 0.717) is 28.9 Å². The topological polar surface area (TPSA) is 74.8 Å². The monoisotopic (exact) mass is 468 g/mol. The Morgan fingerprint density at radius 3 is 2.57 bits per heavy atom. The van der Waals surface area contributed by atoms with Crippen LogP contribution in [0, 0.1) is 12.3 Å². The molecule has 35 heavy (non-hydrogen) atoms. The minimum absolute atomic E-state index is 0.0995. The second kappa shape index (κ2) is 9.74. The first kappa shape index (κ1) is 23.6. The standard InChI is InChI=1S/C28H25N3O4/c1-6-13-29-28(33)18-7-10-21(24(14-18)34-17-32)27-22-11-8-19(30(2)3)15-25(22)35-26-16-20(31(4)5)9-12-23(26)27/h1,7-12,14-17H,13H2,2-5H3/p+1. The van der Waals surface area contributed by atoms with Gasteiger partial charge in [-0.3, -0.25) is 9.59 Å². The smallest absolute Gasteiger partial charge is 0.298 e. The van der Waals surface area contributed by atoms with Crippen molar-refractivity contribution in [1.29, 1.82) is 0 Å². The third kappa shape index (κ3) is 4.59. The van der Waals surface area contributed by atoms with Gasteiger partial charge in [-0.2, -0.15) is 0 Å². The Morgan fingerprint density at radius 1 is 1.11 bits per heavy atom. The lowest BCUT2D eigenvalue weighted by atomic mass is 9.92. The van der Waals surface area contributed by atoms with Crippen LogP contribution in [0.2, 0.25) is 0 Å². The molecule has 2 aliphatic rings. The summed E-state index contributed by atoms with van der Waals surface area (Å²) in [7, 11) is 7.86. The van der Waals surface area contributed by atoms with Crippen molar-refractivity contribution in [1.82, 2.24) is 9.89 Å². The quantitative estimate of drug-likeness (QED) is 0.204. The zero-order chi connectivity index (χ0) is 25.1. The largest absolute Gasteiger partial charge is 0.456 e. The average molecular weight is 469 g/mol. The molecule has 1 aliphatic heterocycles. The average Bonchev–Trinajstić information content (AvgIpc) is 2.85. The van der Waals surface area contributed by atoms with Gasteiger partial charge in [-0.1, -0.05) is 5.92 Å². The molecule has 7 heteroatoms.